The predicted octanol–water partition coefficient (Wildman–Crippen LogP) is 3.17. The molecule has 0 unspecified atom stereocenters. The van der Waals surface area contributed by atoms with Crippen molar-refractivity contribution in [1.29, 1.82) is 0 Å². The Bertz CT molecular complexity index is 451. The van der Waals surface area contributed by atoms with E-state index in [4.69, 9.17) is 0 Å². The van der Waals surface area contributed by atoms with E-state index in [1.54, 1.807) is 0 Å². The maximum atomic E-state index is 13.0. The maximum absolute atomic E-state index is 13.0. The predicted molar refractivity (Wildman–Crippen MR) is 85.1 cm³/mol. The van der Waals surface area contributed by atoms with Crippen molar-refractivity contribution in [3.05, 3.63) is 35.9 Å². The fourth-order valence-corrected chi connectivity index (χ4v) is 3.43. The molecular weight excluding hydrogens is 262 g/mol. The van der Waals surface area contributed by atoms with Crippen LogP contribution in [0.4, 0.5) is 0 Å². The van der Waals surface area contributed by atoms with E-state index in [2.05, 4.69) is 17.4 Å². The number of carbonyl (C=O) groups excluding carboxylic acids is 1. The Balaban J connectivity index is 2.29. The molecule has 21 heavy (non-hydrogen) atoms. The van der Waals surface area contributed by atoms with E-state index in [1.807, 2.05) is 32.0 Å². The molecule has 1 aliphatic carbocycles. The summed E-state index contributed by atoms with van der Waals surface area (Å²) in [5, 5.41) is 12.9. The Kier molecular flexibility index (Phi) is 5.04. The third-order valence-electron chi connectivity index (χ3n) is 5.25. The van der Waals surface area contributed by atoms with Crippen LogP contribution in [0, 0.1) is 0 Å². The van der Waals surface area contributed by atoms with E-state index in [-0.39, 0.29) is 12.5 Å². The molecule has 1 fully saturated rings. The van der Waals surface area contributed by atoms with Crippen LogP contribution in [0.5, 0.6) is 0 Å². The SMILES string of the molecule is CCC(CC)(CO)NC(=O)C1(c2ccccc2)CCCC1. The van der Waals surface area contributed by atoms with Gasteiger partial charge in [-0.3, -0.25) is 4.79 Å². The largest absolute Gasteiger partial charge is 0.394 e. The van der Waals surface area contributed by atoms with Gasteiger partial charge in [0.15, 0.2) is 0 Å². The highest BCUT2D eigenvalue weighted by Gasteiger charge is 2.44. The molecule has 116 valence electrons. The third kappa shape index (κ3) is 2.98. The molecule has 0 atom stereocenters. The second-order valence-electron chi connectivity index (χ2n) is 6.25. The lowest BCUT2D eigenvalue weighted by Gasteiger charge is -2.36. The van der Waals surface area contributed by atoms with Crippen molar-refractivity contribution in [2.45, 2.75) is 63.3 Å². The molecule has 1 aromatic rings. The summed E-state index contributed by atoms with van der Waals surface area (Å²) in [6, 6.07) is 10.1. The zero-order valence-corrected chi connectivity index (χ0v) is 13.2. The van der Waals surface area contributed by atoms with Gasteiger partial charge < -0.3 is 10.4 Å². The van der Waals surface area contributed by atoms with E-state index in [9.17, 15) is 9.90 Å². The lowest BCUT2D eigenvalue weighted by molar-refractivity contribution is -0.129. The first-order chi connectivity index (χ1) is 10.1. The molecule has 0 bridgehead atoms. The zero-order valence-electron chi connectivity index (χ0n) is 13.2. The number of hydrogen-bond acceptors (Lipinski definition) is 2. The number of amides is 1. The normalized spacial score (nSPS) is 17.7. The molecule has 1 aromatic carbocycles. The number of nitrogens with one attached hydrogen (secondary N) is 1. The number of aliphatic hydroxyl groups excluding tert-OH is 1. The summed E-state index contributed by atoms with van der Waals surface area (Å²) >= 11 is 0. The van der Waals surface area contributed by atoms with Crippen LogP contribution in [0.2, 0.25) is 0 Å². The molecule has 0 spiro atoms. The second kappa shape index (κ2) is 6.61. The smallest absolute Gasteiger partial charge is 0.231 e. The monoisotopic (exact) mass is 289 g/mol. The Morgan fingerprint density at radius 2 is 1.76 bits per heavy atom. The molecule has 0 aromatic heterocycles. The molecule has 0 aliphatic heterocycles. The summed E-state index contributed by atoms with van der Waals surface area (Å²) in [5.41, 5.74) is 0.215. The van der Waals surface area contributed by atoms with E-state index in [1.165, 1.54) is 0 Å². The standard InChI is InChI=1S/C18H27NO2/c1-3-17(4-2,14-20)19-16(21)18(12-8-9-13-18)15-10-6-5-7-11-15/h5-7,10-11,20H,3-4,8-9,12-14H2,1-2H3,(H,19,21). The summed E-state index contributed by atoms with van der Waals surface area (Å²) in [7, 11) is 0. The number of hydrogen-bond donors (Lipinski definition) is 2. The molecule has 0 radical (unpaired) electrons. The van der Waals surface area contributed by atoms with E-state index in [0.717, 1.165) is 44.1 Å². The van der Waals surface area contributed by atoms with Gasteiger partial charge in [0, 0.05) is 0 Å². The average molecular weight is 289 g/mol. The number of rotatable bonds is 6. The quantitative estimate of drug-likeness (QED) is 0.845. The maximum Gasteiger partial charge on any atom is 0.231 e. The molecule has 3 heteroatoms. The van der Waals surface area contributed by atoms with Crippen LogP contribution in [0.1, 0.15) is 57.9 Å². The molecule has 3 nitrogen and oxygen atoms in total. The van der Waals surface area contributed by atoms with Crippen molar-refractivity contribution in [3.8, 4) is 0 Å². The van der Waals surface area contributed by atoms with Crippen molar-refractivity contribution >= 4 is 5.91 Å². The van der Waals surface area contributed by atoms with Crippen LogP contribution in [-0.2, 0) is 10.2 Å². The molecule has 1 aliphatic rings. The summed E-state index contributed by atoms with van der Waals surface area (Å²) in [6.07, 6.45) is 5.47. The molecule has 0 saturated heterocycles. The number of aliphatic hydroxyl groups is 1. The first kappa shape index (κ1) is 16.0. The van der Waals surface area contributed by atoms with Crippen LogP contribution in [0.15, 0.2) is 30.3 Å². The topological polar surface area (TPSA) is 49.3 Å². The van der Waals surface area contributed by atoms with E-state index >= 15 is 0 Å². The third-order valence-corrected chi connectivity index (χ3v) is 5.25. The van der Waals surface area contributed by atoms with Crippen LogP contribution < -0.4 is 5.32 Å². The molecule has 0 heterocycles. The zero-order chi connectivity index (χ0) is 15.3. The Morgan fingerprint density at radius 3 is 2.24 bits per heavy atom. The van der Waals surface area contributed by atoms with Crippen molar-refractivity contribution in [3.63, 3.8) is 0 Å². The highest BCUT2D eigenvalue weighted by molar-refractivity contribution is 5.89. The summed E-state index contributed by atoms with van der Waals surface area (Å²) in [5.74, 6) is 0.0870. The fourth-order valence-electron chi connectivity index (χ4n) is 3.43. The van der Waals surface area contributed by atoms with Crippen LogP contribution in [0.3, 0.4) is 0 Å². The van der Waals surface area contributed by atoms with Gasteiger partial charge in [-0.2, -0.15) is 0 Å². The van der Waals surface area contributed by atoms with Crippen LogP contribution in [0.25, 0.3) is 0 Å². The Hall–Kier alpha value is -1.35. The molecule has 1 saturated carbocycles. The van der Waals surface area contributed by atoms with Gasteiger partial charge in [-0.1, -0.05) is 57.0 Å². The van der Waals surface area contributed by atoms with Gasteiger partial charge in [-0.15, -0.1) is 0 Å². The minimum Gasteiger partial charge on any atom is -0.394 e. The van der Waals surface area contributed by atoms with E-state index in [0.29, 0.717) is 0 Å². The highest BCUT2D eigenvalue weighted by atomic mass is 16.3. The molecule has 2 rings (SSSR count). The Morgan fingerprint density at radius 1 is 1.19 bits per heavy atom. The minimum absolute atomic E-state index is 0.00336. The van der Waals surface area contributed by atoms with Gasteiger partial charge >= 0.3 is 0 Å². The van der Waals surface area contributed by atoms with Crippen molar-refractivity contribution in [1.82, 2.24) is 5.32 Å². The van der Waals surface area contributed by atoms with Crippen LogP contribution in [-0.4, -0.2) is 23.2 Å². The first-order valence-electron chi connectivity index (χ1n) is 8.11. The van der Waals surface area contributed by atoms with Gasteiger partial charge in [0.25, 0.3) is 0 Å². The van der Waals surface area contributed by atoms with Gasteiger partial charge in [-0.05, 0) is 31.2 Å². The van der Waals surface area contributed by atoms with Crippen molar-refractivity contribution in [2.75, 3.05) is 6.61 Å². The molecule has 2 N–H and O–H groups in total. The molecule has 1 amide bonds. The van der Waals surface area contributed by atoms with Gasteiger partial charge in [0.2, 0.25) is 5.91 Å². The number of benzene rings is 1. The Labute approximate surface area is 127 Å². The van der Waals surface area contributed by atoms with Crippen molar-refractivity contribution < 1.29 is 9.90 Å². The lowest BCUT2D eigenvalue weighted by atomic mass is 9.77. The van der Waals surface area contributed by atoms with Gasteiger partial charge in [0.1, 0.15) is 0 Å². The molecular formula is C18H27NO2. The average Bonchev–Trinajstić information content (AvgIpc) is 3.04. The van der Waals surface area contributed by atoms with Gasteiger partial charge in [-0.25, -0.2) is 0 Å². The number of carbonyl (C=O) groups is 1. The van der Waals surface area contributed by atoms with Crippen molar-refractivity contribution in [2.24, 2.45) is 0 Å². The van der Waals surface area contributed by atoms with Crippen LogP contribution >= 0.6 is 0 Å². The summed E-state index contributed by atoms with van der Waals surface area (Å²) in [6.45, 7) is 4.03. The fraction of sp³-hybridized carbons (Fsp3) is 0.611. The highest BCUT2D eigenvalue weighted by Crippen LogP contribution is 2.41. The second-order valence-corrected chi connectivity index (χ2v) is 6.25. The lowest BCUT2D eigenvalue weighted by Crippen LogP contribution is -2.56. The van der Waals surface area contributed by atoms with E-state index < -0.39 is 11.0 Å². The van der Waals surface area contributed by atoms with Gasteiger partial charge in [0.05, 0.1) is 17.6 Å². The first-order valence-corrected chi connectivity index (χ1v) is 8.11. The minimum atomic E-state index is -0.485. The summed E-state index contributed by atoms with van der Waals surface area (Å²) < 4.78 is 0. The summed E-state index contributed by atoms with van der Waals surface area (Å²) in [4.78, 5) is 13.0.